The number of aryl methyl sites for hydroxylation is 2. The molecule has 3 heterocycles. The van der Waals surface area contributed by atoms with Gasteiger partial charge in [0.15, 0.2) is 0 Å². The summed E-state index contributed by atoms with van der Waals surface area (Å²) < 4.78 is 6.11. The molecule has 1 aromatic carbocycles. The molecule has 0 unspecified atom stereocenters. The van der Waals surface area contributed by atoms with Crippen LogP contribution in [0.25, 0.3) is 11.3 Å². The fraction of sp³-hybridized carbons (Fsp3) is 0.278. The van der Waals surface area contributed by atoms with E-state index in [0.29, 0.717) is 10.6 Å². The van der Waals surface area contributed by atoms with Gasteiger partial charge in [-0.15, -0.1) is 5.10 Å². The van der Waals surface area contributed by atoms with Crippen LogP contribution in [0.1, 0.15) is 33.9 Å². The molecule has 0 spiro atoms. The quantitative estimate of drug-likeness (QED) is 0.733. The van der Waals surface area contributed by atoms with E-state index < -0.39 is 0 Å². The van der Waals surface area contributed by atoms with Gasteiger partial charge in [-0.3, -0.25) is 4.79 Å². The van der Waals surface area contributed by atoms with Crippen molar-refractivity contribution >= 4 is 34.7 Å². The van der Waals surface area contributed by atoms with E-state index in [-0.39, 0.29) is 5.91 Å². The van der Waals surface area contributed by atoms with Crippen molar-refractivity contribution in [3.8, 4) is 11.3 Å². The molecule has 2 aromatic heterocycles. The van der Waals surface area contributed by atoms with Crippen LogP contribution in [0.2, 0.25) is 5.02 Å². The second-order valence-electron chi connectivity index (χ2n) is 6.16. The first-order valence-electron chi connectivity index (χ1n) is 8.22. The van der Waals surface area contributed by atoms with Gasteiger partial charge in [-0.2, -0.15) is 0 Å². The number of nitrogens with zero attached hydrogens (tertiary/aromatic N) is 3. The number of aromatic nitrogens is 3. The Labute approximate surface area is 154 Å². The maximum absolute atomic E-state index is 12.2. The van der Waals surface area contributed by atoms with Crippen LogP contribution >= 0.6 is 23.1 Å². The first-order chi connectivity index (χ1) is 12.1. The van der Waals surface area contributed by atoms with E-state index in [1.54, 1.807) is 6.92 Å². The monoisotopic (exact) mass is 372 g/mol. The molecule has 0 atom stereocenters. The number of hydrogen-bond acceptors (Lipinski definition) is 4. The molecule has 25 heavy (non-hydrogen) atoms. The molecular weight excluding hydrogens is 356 g/mol. The van der Waals surface area contributed by atoms with E-state index in [2.05, 4.69) is 25.5 Å². The summed E-state index contributed by atoms with van der Waals surface area (Å²) >= 11 is 7.58. The number of fused-ring (bicyclic) bond motifs is 1. The van der Waals surface area contributed by atoms with Gasteiger partial charge in [0.1, 0.15) is 4.88 Å². The van der Waals surface area contributed by atoms with Gasteiger partial charge in [0.05, 0.1) is 16.4 Å². The maximum atomic E-state index is 12.2. The fourth-order valence-corrected chi connectivity index (χ4v) is 4.13. The van der Waals surface area contributed by atoms with Crippen molar-refractivity contribution < 1.29 is 4.79 Å². The number of benzene rings is 1. The lowest BCUT2D eigenvalue weighted by Crippen LogP contribution is -2.12. The molecule has 1 aliphatic heterocycles. The third-order valence-electron chi connectivity index (χ3n) is 4.47. The molecule has 0 bridgehead atoms. The normalized spacial score (nSPS) is 13.5. The minimum Gasteiger partial charge on any atom is -0.343 e. The third-order valence-corrected chi connectivity index (χ3v) is 5.59. The van der Waals surface area contributed by atoms with Gasteiger partial charge >= 0.3 is 0 Å². The Morgan fingerprint density at radius 1 is 1.28 bits per heavy atom. The van der Waals surface area contributed by atoms with Gasteiger partial charge < -0.3 is 9.88 Å². The van der Waals surface area contributed by atoms with Crippen molar-refractivity contribution in [2.45, 2.75) is 32.7 Å². The molecule has 7 heteroatoms. The van der Waals surface area contributed by atoms with Crippen LogP contribution < -0.4 is 5.32 Å². The van der Waals surface area contributed by atoms with E-state index in [9.17, 15) is 4.79 Å². The van der Waals surface area contributed by atoms with E-state index in [1.165, 1.54) is 18.5 Å². The molecule has 1 amide bonds. The Bertz CT molecular complexity index is 929. The zero-order chi connectivity index (χ0) is 17.4. The van der Waals surface area contributed by atoms with Crippen molar-refractivity contribution in [3.05, 3.63) is 51.6 Å². The summed E-state index contributed by atoms with van der Waals surface area (Å²) in [5, 5.41) is 7.55. The Morgan fingerprint density at radius 3 is 2.80 bits per heavy atom. The highest BCUT2D eigenvalue weighted by Gasteiger charge is 2.18. The maximum Gasteiger partial charge on any atom is 0.269 e. The zero-order valence-electron chi connectivity index (χ0n) is 13.8. The number of carbonyl (C=O) groups excluding carboxylic acids is 1. The van der Waals surface area contributed by atoms with Gasteiger partial charge in [0.25, 0.3) is 5.91 Å². The van der Waals surface area contributed by atoms with Crippen LogP contribution in [0, 0.1) is 6.92 Å². The Kier molecular flexibility index (Phi) is 4.31. The Balaban J connectivity index is 1.58. The lowest BCUT2D eigenvalue weighted by atomic mass is 10.1. The molecule has 0 fully saturated rings. The SMILES string of the molecule is Cc1nnsc1C(=O)Nc1ccc(-c2c(Cl)cc3n2CCCC3)cc1. The second kappa shape index (κ2) is 6.61. The first kappa shape index (κ1) is 16.3. The molecule has 5 nitrogen and oxygen atoms in total. The predicted octanol–water partition coefficient (Wildman–Crippen LogP) is 4.56. The van der Waals surface area contributed by atoms with Crippen molar-refractivity contribution in [1.82, 2.24) is 14.2 Å². The number of amides is 1. The van der Waals surface area contributed by atoms with Crippen LogP contribution in [0.4, 0.5) is 5.69 Å². The predicted molar refractivity (Wildman–Crippen MR) is 100 cm³/mol. The van der Waals surface area contributed by atoms with Crippen LogP contribution in [0.5, 0.6) is 0 Å². The third kappa shape index (κ3) is 3.07. The van der Waals surface area contributed by atoms with Crippen molar-refractivity contribution in [1.29, 1.82) is 0 Å². The molecule has 1 N–H and O–H groups in total. The molecule has 128 valence electrons. The summed E-state index contributed by atoms with van der Waals surface area (Å²) in [4.78, 5) is 12.8. The van der Waals surface area contributed by atoms with Crippen LogP contribution in [-0.2, 0) is 13.0 Å². The largest absolute Gasteiger partial charge is 0.343 e. The van der Waals surface area contributed by atoms with E-state index >= 15 is 0 Å². The first-order valence-corrected chi connectivity index (χ1v) is 9.37. The summed E-state index contributed by atoms with van der Waals surface area (Å²) in [6.07, 6.45) is 3.48. The second-order valence-corrected chi connectivity index (χ2v) is 7.32. The number of hydrogen-bond donors (Lipinski definition) is 1. The average molecular weight is 373 g/mol. The van der Waals surface area contributed by atoms with Crippen LogP contribution in [0.3, 0.4) is 0 Å². The lowest BCUT2D eigenvalue weighted by Gasteiger charge is -2.18. The molecule has 4 rings (SSSR count). The summed E-state index contributed by atoms with van der Waals surface area (Å²) in [6.45, 7) is 2.78. The van der Waals surface area contributed by atoms with E-state index in [1.807, 2.05) is 24.3 Å². The molecule has 0 saturated heterocycles. The number of halogens is 1. The molecule has 0 aliphatic carbocycles. The molecular formula is C18H17ClN4OS. The highest BCUT2D eigenvalue weighted by molar-refractivity contribution is 7.08. The zero-order valence-corrected chi connectivity index (χ0v) is 15.3. The fourth-order valence-electron chi connectivity index (χ4n) is 3.24. The van der Waals surface area contributed by atoms with E-state index in [0.717, 1.165) is 46.5 Å². The van der Waals surface area contributed by atoms with Crippen molar-refractivity contribution in [2.75, 3.05) is 5.32 Å². The average Bonchev–Trinajstić information content (AvgIpc) is 3.18. The number of rotatable bonds is 3. The Morgan fingerprint density at radius 2 is 2.08 bits per heavy atom. The lowest BCUT2D eigenvalue weighted by molar-refractivity contribution is 0.103. The molecule has 0 saturated carbocycles. The van der Waals surface area contributed by atoms with Gasteiger partial charge in [-0.05, 0) is 61.5 Å². The van der Waals surface area contributed by atoms with Crippen LogP contribution in [0.15, 0.2) is 30.3 Å². The van der Waals surface area contributed by atoms with Crippen LogP contribution in [-0.4, -0.2) is 20.1 Å². The van der Waals surface area contributed by atoms with Gasteiger partial charge in [-0.1, -0.05) is 28.2 Å². The number of anilines is 1. The van der Waals surface area contributed by atoms with E-state index in [4.69, 9.17) is 11.6 Å². The number of carbonyl (C=O) groups is 1. The minimum absolute atomic E-state index is 0.182. The van der Waals surface area contributed by atoms with Crippen molar-refractivity contribution in [2.24, 2.45) is 0 Å². The molecule has 1 aliphatic rings. The summed E-state index contributed by atoms with van der Waals surface area (Å²) in [6, 6.07) is 9.87. The highest BCUT2D eigenvalue weighted by atomic mass is 35.5. The van der Waals surface area contributed by atoms with Crippen molar-refractivity contribution in [3.63, 3.8) is 0 Å². The topological polar surface area (TPSA) is 59.8 Å². The summed E-state index contributed by atoms with van der Waals surface area (Å²) in [7, 11) is 0. The van der Waals surface area contributed by atoms with Gasteiger partial charge in [0, 0.05) is 17.9 Å². The molecule has 3 aromatic rings. The smallest absolute Gasteiger partial charge is 0.269 e. The van der Waals surface area contributed by atoms with Gasteiger partial charge in [0.2, 0.25) is 0 Å². The molecule has 0 radical (unpaired) electrons. The van der Waals surface area contributed by atoms with Gasteiger partial charge in [-0.25, -0.2) is 0 Å². The standard InChI is InChI=1S/C18H17ClN4OS/c1-11-17(25-22-21-11)18(24)20-13-7-5-12(6-8-13)16-15(19)10-14-4-2-3-9-23(14)16/h5-8,10H,2-4,9H2,1H3,(H,20,24). The Hall–Kier alpha value is -2.18. The highest BCUT2D eigenvalue weighted by Crippen LogP contribution is 2.34. The minimum atomic E-state index is -0.182. The summed E-state index contributed by atoms with van der Waals surface area (Å²) in [5.74, 6) is -0.182. The number of nitrogens with one attached hydrogen (secondary N) is 1. The summed E-state index contributed by atoms with van der Waals surface area (Å²) in [5.41, 5.74) is 4.81.